The second-order valence-corrected chi connectivity index (χ2v) is 5.21. The second kappa shape index (κ2) is 4.00. The summed E-state index contributed by atoms with van der Waals surface area (Å²) in [4.78, 5) is 12.1. The summed E-state index contributed by atoms with van der Waals surface area (Å²) in [6.07, 6.45) is 0.685. The normalized spacial score (nSPS) is 16.2. The average molecular weight is 231 g/mol. The van der Waals surface area contributed by atoms with E-state index in [4.69, 9.17) is 0 Å². The minimum atomic E-state index is 0.291. The van der Waals surface area contributed by atoms with E-state index in [2.05, 4.69) is 17.4 Å². The highest BCUT2D eigenvalue weighted by molar-refractivity contribution is 7.17. The van der Waals surface area contributed by atoms with Crippen LogP contribution in [0.4, 0.5) is 0 Å². The molecule has 1 aromatic heterocycles. The number of fused-ring (bicyclic) bond motifs is 1. The summed E-state index contributed by atoms with van der Waals surface area (Å²) in [7, 11) is 0. The van der Waals surface area contributed by atoms with Crippen LogP contribution in [0.1, 0.15) is 16.8 Å². The molecule has 1 saturated heterocycles. The molecule has 1 aliphatic rings. The number of hydrogen-bond acceptors (Lipinski definition) is 3. The van der Waals surface area contributed by atoms with Crippen LogP contribution >= 0.6 is 11.3 Å². The Morgan fingerprint density at radius 2 is 2.25 bits per heavy atom. The van der Waals surface area contributed by atoms with Crippen molar-refractivity contribution >= 4 is 27.2 Å². The molecule has 3 rings (SSSR count). The molecule has 0 atom stereocenters. The van der Waals surface area contributed by atoms with E-state index in [-0.39, 0.29) is 0 Å². The maximum Gasteiger partial charge on any atom is 0.164 e. The lowest BCUT2D eigenvalue weighted by molar-refractivity contribution is 0.0947. The van der Waals surface area contributed by atoms with Crippen LogP contribution in [0.3, 0.4) is 0 Å². The summed E-state index contributed by atoms with van der Waals surface area (Å²) in [5, 5.41) is 6.43. The summed E-state index contributed by atoms with van der Waals surface area (Å²) in [6.45, 7) is 1.98. The largest absolute Gasteiger partial charge is 0.316 e. The van der Waals surface area contributed by atoms with Crippen molar-refractivity contribution in [2.75, 3.05) is 13.1 Å². The summed E-state index contributed by atoms with van der Waals surface area (Å²) in [5.41, 5.74) is 0.902. The zero-order valence-electron chi connectivity index (χ0n) is 8.90. The van der Waals surface area contributed by atoms with Crippen molar-refractivity contribution in [2.24, 2.45) is 5.92 Å². The lowest BCUT2D eigenvalue weighted by Crippen LogP contribution is -2.42. The summed E-state index contributed by atoms with van der Waals surface area (Å²) in [5.74, 6) is 0.835. The molecule has 0 saturated carbocycles. The van der Waals surface area contributed by atoms with Crippen molar-refractivity contribution in [1.29, 1.82) is 0 Å². The van der Waals surface area contributed by atoms with Crippen molar-refractivity contribution in [3.05, 3.63) is 35.2 Å². The first-order valence-electron chi connectivity index (χ1n) is 5.55. The predicted molar refractivity (Wildman–Crippen MR) is 67.1 cm³/mol. The summed E-state index contributed by atoms with van der Waals surface area (Å²) < 4.78 is 1.14. The molecular weight excluding hydrogens is 218 g/mol. The van der Waals surface area contributed by atoms with Gasteiger partial charge in [-0.05, 0) is 41.9 Å². The van der Waals surface area contributed by atoms with Crippen LogP contribution in [0.25, 0.3) is 10.1 Å². The molecule has 0 amide bonds. The van der Waals surface area contributed by atoms with Crippen molar-refractivity contribution < 1.29 is 4.79 Å². The highest BCUT2D eigenvalue weighted by Crippen LogP contribution is 2.26. The molecule has 1 fully saturated rings. The van der Waals surface area contributed by atoms with Gasteiger partial charge in [-0.3, -0.25) is 4.79 Å². The molecule has 1 aliphatic heterocycles. The maximum atomic E-state index is 12.1. The lowest BCUT2D eigenvalue weighted by atomic mass is 9.93. The number of Topliss-reactive ketones (excluding diaryl/α,β-unsaturated/α-hetero) is 1. The van der Waals surface area contributed by atoms with Gasteiger partial charge in [0.1, 0.15) is 0 Å². The van der Waals surface area contributed by atoms with Crippen LogP contribution in [0.5, 0.6) is 0 Å². The number of benzene rings is 1. The SMILES string of the molecule is O=C(CC1CNC1)c1cccc2ccsc12. The van der Waals surface area contributed by atoms with Crippen LogP contribution in [0.2, 0.25) is 0 Å². The first-order valence-corrected chi connectivity index (χ1v) is 6.43. The first kappa shape index (κ1) is 10.00. The molecule has 2 heterocycles. The van der Waals surface area contributed by atoms with Gasteiger partial charge in [-0.25, -0.2) is 0 Å². The van der Waals surface area contributed by atoms with Gasteiger partial charge in [-0.2, -0.15) is 0 Å². The zero-order valence-corrected chi connectivity index (χ0v) is 9.72. The Morgan fingerprint density at radius 1 is 1.38 bits per heavy atom. The van der Waals surface area contributed by atoms with Crippen LogP contribution in [-0.4, -0.2) is 18.9 Å². The van der Waals surface area contributed by atoms with Gasteiger partial charge in [0.15, 0.2) is 5.78 Å². The molecule has 0 radical (unpaired) electrons. The minimum absolute atomic E-state index is 0.291. The third kappa shape index (κ3) is 1.66. The number of ketones is 1. The van der Waals surface area contributed by atoms with Crippen LogP contribution in [0.15, 0.2) is 29.6 Å². The molecule has 16 heavy (non-hydrogen) atoms. The Bertz CT molecular complexity index is 527. The van der Waals surface area contributed by atoms with Gasteiger partial charge >= 0.3 is 0 Å². The average Bonchev–Trinajstić information content (AvgIpc) is 2.70. The molecule has 0 spiro atoms. The monoisotopic (exact) mass is 231 g/mol. The molecule has 2 nitrogen and oxygen atoms in total. The fourth-order valence-corrected chi connectivity index (χ4v) is 3.01. The Kier molecular flexibility index (Phi) is 2.50. The third-order valence-corrected chi connectivity index (χ3v) is 4.08. The third-order valence-electron chi connectivity index (χ3n) is 3.12. The van der Waals surface area contributed by atoms with E-state index in [0.717, 1.165) is 23.4 Å². The molecule has 1 aromatic carbocycles. The Labute approximate surface area is 98.3 Å². The van der Waals surface area contributed by atoms with Crippen molar-refractivity contribution in [1.82, 2.24) is 5.32 Å². The lowest BCUT2D eigenvalue weighted by Gasteiger charge is -2.26. The first-order chi connectivity index (χ1) is 7.84. The molecular formula is C13H13NOS. The Morgan fingerprint density at radius 3 is 3.00 bits per heavy atom. The number of hydrogen-bond donors (Lipinski definition) is 1. The van der Waals surface area contributed by atoms with E-state index < -0.39 is 0 Å². The number of thiophene rings is 1. The Hall–Kier alpha value is -1.19. The fraction of sp³-hybridized carbons (Fsp3) is 0.308. The molecule has 0 unspecified atom stereocenters. The number of nitrogens with one attached hydrogen (secondary N) is 1. The standard InChI is InChI=1S/C13H13NOS/c15-12(6-9-7-14-8-9)11-3-1-2-10-4-5-16-13(10)11/h1-5,9,14H,6-8H2. The molecule has 0 bridgehead atoms. The van der Waals surface area contributed by atoms with E-state index in [0.29, 0.717) is 18.1 Å². The molecule has 0 aliphatic carbocycles. The molecule has 3 heteroatoms. The van der Waals surface area contributed by atoms with Gasteiger partial charge in [-0.15, -0.1) is 11.3 Å². The van der Waals surface area contributed by atoms with Crippen molar-refractivity contribution in [3.8, 4) is 0 Å². The minimum Gasteiger partial charge on any atom is -0.316 e. The number of rotatable bonds is 3. The van der Waals surface area contributed by atoms with Gasteiger partial charge in [0, 0.05) is 16.7 Å². The highest BCUT2D eigenvalue weighted by atomic mass is 32.1. The zero-order chi connectivity index (χ0) is 11.0. The van der Waals surface area contributed by atoms with E-state index in [1.165, 1.54) is 5.39 Å². The molecule has 82 valence electrons. The van der Waals surface area contributed by atoms with Gasteiger partial charge < -0.3 is 5.32 Å². The molecule has 2 aromatic rings. The van der Waals surface area contributed by atoms with E-state index >= 15 is 0 Å². The van der Waals surface area contributed by atoms with E-state index in [1.54, 1.807) is 11.3 Å². The van der Waals surface area contributed by atoms with Crippen LogP contribution in [-0.2, 0) is 0 Å². The summed E-state index contributed by atoms with van der Waals surface area (Å²) in [6, 6.07) is 8.06. The maximum absolute atomic E-state index is 12.1. The molecule has 1 N–H and O–H groups in total. The highest BCUT2D eigenvalue weighted by Gasteiger charge is 2.21. The predicted octanol–water partition coefficient (Wildman–Crippen LogP) is 2.69. The number of carbonyl (C=O) groups is 1. The fourth-order valence-electron chi connectivity index (χ4n) is 2.08. The quantitative estimate of drug-likeness (QED) is 0.823. The second-order valence-electron chi connectivity index (χ2n) is 4.30. The van der Waals surface area contributed by atoms with Crippen LogP contribution in [0, 0.1) is 5.92 Å². The van der Waals surface area contributed by atoms with Crippen LogP contribution < -0.4 is 5.32 Å². The van der Waals surface area contributed by atoms with Gasteiger partial charge in [-0.1, -0.05) is 12.1 Å². The van der Waals surface area contributed by atoms with Gasteiger partial charge in [0.25, 0.3) is 0 Å². The van der Waals surface area contributed by atoms with Crippen molar-refractivity contribution in [2.45, 2.75) is 6.42 Å². The topological polar surface area (TPSA) is 29.1 Å². The smallest absolute Gasteiger partial charge is 0.164 e. The van der Waals surface area contributed by atoms with E-state index in [9.17, 15) is 4.79 Å². The van der Waals surface area contributed by atoms with Gasteiger partial charge in [0.05, 0.1) is 0 Å². The van der Waals surface area contributed by atoms with E-state index in [1.807, 2.05) is 17.5 Å². The number of carbonyl (C=O) groups excluding carboxylic acids is 1. The van der Waals surface area contributed by atoms with Crippen molar-refractivity contribution in [3.63, 3.8) is 0 Å². The summed E-state index contributed by atoms with van der Waals surface area (Å²) >= 11 is 1.66. The Balaban J connectivity index is 1.91. The van der Waals surface area contributed by atoms with Gasteiger partial charge in [0.2, 0.25) is 0 Å².